The summed E-state index contributed by atoms with van der Waals surface area (Å²) in [7, 11) is -4.03. The van der Waals surface area contributed by atoms with E-state index in [-0.39, 0.29) is 28.7 Å². The topological polar surface area (TPSA) is 161 Å². The molecule has 0 radical (unpaired) electrons. The van der Waals surface area contributed by atoms with Crippen molar-refractivity contribution in [1.82, 2.24) is 15.3 Å². The maximum atomic E-state index is 14.2. The van der Waals surface area contributed by atoms with Crippen LogP contribution in [-0.2, 0) is 22.3 Å². The molecule has 5 N–H and O–H groups in total. The van der Waals surface area contributed by atoms with Crippen molar-refractivity contribution in [2.75, 3.05) is 4.72 Å². The summed E-state index contributed by atoms with van der Waals surface area (Å²) in [5.41, 5.74) is -1.52. The molecular formula is C17H15FN4O6S. The van der Waals surface area contributed by atoms with Crippen LogP contribution in [0.2, 0.25) is 0 Å². The van der Waals surface area contributed by atoms with Gasteiger partial charge in [-0.05, 0) is 29.3 Å². The number of hydrogen-bond acceptors (Lipinski definition) is 5. The van der Waals surface area contributed by atoms with Gasteiger partial charge >= 0.3 is 11.8 Å². The fourth-order valence-electron chi connectivity index (χ4n) is 2.74. The molecule has 0 unspecified atom stereocenters. The first kappa shape index (κ1) is 20.1. The molecule has 3 rings (SSSR count). The molecule has 0 spiro atoms. The smallest absolute Gasteiger partial charge is 0.404 e. The van der Waals surface area contributed by atoms with E-state index in [1.165, 1.54) is 12.1 Å². The number of carboxylic acid groups (broad SMARTS) is 1. The third-order valence-corrected chi connectivity index (χ3v) is 5.17. The largest absolute Gasteiger partial charge is 0.465 e. The summed E-state index contributed by atoms with van der Waals surface area (Å²) in [5.74, 6) is -1.60. The number of H-pyrrole nitrogens is 2. The maximum absolute atomic E-state index is 14.2. The Morgan fingerprint density at radius 2 is 1.86 bits per heavy atom. The number of sulfonamides is 1. The summed E-state index contributed by atoms with van der Waals surface area (Å²) in [4.78, 5) is 37.9. The van der Waals surface area contributed by atoms with E-state index in [1.54, 1.807) is 18.2 Å². The second-order valence-corrected chi connectivity index (χ2v) is 7.81. The molecule has 0 aliphatic heterocycles. The number of fused-ring (bicyclic) bond motifs is 1. The molecule has 2 aromatic carbocycles. The van der Waals surface area contributed by atoms with Crippen LogP contribution in [0.3, 0.4) is 0 Å². The molecule has 10 nitrogen and oxygen atoms in total. The summed E-state index contributed by atoms with van der Waals surface area (Å²) in [6, 6.07) is 8.25. The minimum atomic E-state index is -4.03. The number of benzene rings is 2. The summed E-state index contributed by atoms with van der Waals surface area (Å²) in [6.45, 7) is -0.124. The van der Waals surface area contributed by atoms with Crippen LogP contribution in [0, 0.1) is 5.82 Å². The number of hydrogen-bond donors (Lipinski definition) is 5. The number of aromatic nitrogens is 2. The van der Waals surface area contributed by atoms with E-state index in [9.17, 15) is 27.2 Å². The maximum Gasteiger partial charge on any atom is 0.404 e. The molecule has 0 saturated carbocycles. The Morgan fingerprint density at radius 3 is 2.59 bits per heavy atom. The highest BCUT2D eigenvalue weighted by molar-refractivity contribution is 7.91. The van der Waals surface area contributed by atoms with E-state index < -0.39 is 38.9 Å². The first-order valence-electron chi connectivity index (χ1n) is 8.14. The number of nitrogens with one attached hydrogen (secondary N) is 4. The Bertz CT molecular complexity index is 1320. The zero-order chi connectivity index (χ0) is 21.2. The van der Waals surface area contributed by atoms with Crippen LogP contribution >= 0.6 is 0 Å². The van der Waals surface area contributed by atoms with Gasteiger partial charge in [0.15, 0.2) is 0 Å². The number of aromatic amines is 2. The van der Waals surface area contributed by atoms with E-state index in [0.29, 0.717) is 5.56 Å². The van der Waals surface area contributed by atoms with Gasteiger partial charge in [-0.3, -0.25) is 14.5 Å². The van der Waals surface area contributed by atoms with Crippen molar-refractivity contribution in [2.24, 2.45) is 0 Å². The minimum absolute atomic E-state index is 0.0128. The fraction of sp³-hybridized carbons (Fsp3) is 0.118. The molecule has 0 saturated heterocycles. The molecule has 0 aliphatic rings. The van der Waals surface area contributed by atoms with Crippen molar-refractivity contribution in [3.8, 4) is 0 Å². The Kier molecular flexibility index (Phi) is 5.37. The summed E-state index contributed by atoms with van der Waals surface area (Å²) in [5, 5.41) is 10.7. The van der Waals surface area contributed by atoms with Crippen molar-refractivity contribution in [2.45, 2.75) is 12.3 Å². The Hall–Kier alpha value is -3.67. The minimum Gasteiger partial charge on any atom is -0.465 e. The lowest BCUT2D eigenvalue weighted by Crippen LogP contribution is -2.23. The molecule has 1 heterocycles. The van der Waals surface area contributed by atoms with E-state index in [0.717, 1.165) is 6.07 Å². The average Bonchev–Trinajstić information content (AvgIpc) is 2.61. The quantitative estimate of drug-likeness (QED) is 0.399. The molecule has 0 atom stereocenters. The number of carbonyl (C=O) groups is 1. The Labute approximate surface area is 162 Å². The predicted octanol–water partition coefficient (Wildman–Crippen LogP) is 1.06. The van der Waals surface area contributed by atoms with Crippen molar-refractivity contribution in [3.05, 3.63) is 74.2 Å². The molecule has 152 valence electrons. The van der Waals surface area contributed by atoms with Crippen LogP contribution in [0.5, 0.6) is 0 Å². The first-order valence-corrected chi connectivity index (χ1v) is 9.80. The average molecular weight is 422 g/mol. The SMILES string of the molecule is O=C(O)NCc1ccccc1NS(=O)(=O)Cc1cc(F)c2[nH]c(=O)[nH]c(=O)c2c1. The van der Waals surface area contributed by atoms with Crippen molar-refractivity contribution in [1.29, 1.82) is 0 Å². The van der Waals surface area contributed by atoms with Gasteiger partial charge in [0, 0.05) is 6.54 Å². The lowest BCUT2D eigenvalue weighted by atomic mass is 10.1. The number of rotatable bonds is 6. The molecule has 12 heteroatoms. The molecular weight excluding hydrogens is 407 g/mol. The zero-order valence-electron chi connectivity index (χ0n) is 14.7. The van der Waals surface area contributed by atoms with Crippen molar-refractivity contribution in [3.63, 3.8) is 0 Å². The van der Waals surface area contributed by atoms with Gasteiger partial charge in [0.2, 0.25) is 10.0 Å². The highest BCUT2D eigenvalue weighted by Gasteiger charge is 2.17. The van der Waals surface area contributed by atoms with Gasteiger partial charge < -0.3 is 15.4 Å². The molecule has 0 aliphatic carbocycles. The lowest BCUT2D eigenvalue weighted by Gasteiger charge is -2.13. The van der Waals surface area contributed by atoms with Gasteiger partial charge in [-0.25, -0.2) is 22.4 Å². The molecule has 0 bridgehead atoms. The molecule has 1 amide bonds. The summed E-state index contributed by atoms with van der Waals surface area (Å²) < 4.78 is 41.6. The van der Waals surface area contributed by atoms with Crippen molar-refractivity contribution >= 4 is 32.7 Å². The monoisotopic (exact) mass is 422 g/mol. The normalized spacial score (nSPS) is 11.3. The van der Waals surface area contributed by atoms with Gasteiger partial charge in [-0.1, -0.05) is 18.2 Å². The standard InChI is InChI=1S/C17H15FN4O6S/c18-12-6-9(5-11-14(12)20-16(24)21-15(11)23)8-29(27,28)22-13-4-2-1-3-10(13)7-19-17(25)26/h1-6,19,22H,7-8H2,(H,25,26)(H2,20,21,23,24). The van der Waals surface area contributed by atoms with E-state index in [1.807, 2.05) is 4.98 Å². The highest BCUT2D eigenvalue weighted by Crippen LogP contribution is 2.20. The summed E-state index contributed by atoms with van der Waals surface area (Å²) in [6.07, 6.45) is -1.27. The van der Waals surface area contributed by atoms with Gasteiger partial charge in [0.05, 0.1) is 22.3 Å². The predicted molar refractivity (Wildman–Crippen MR) is 103 cm³/mol. The molecule has 1 aromatic heterocycles. The van der Waals surface area contributed by atoms with Gasteiger partial charge in [0.1, 0.15) is 5.82 Å². The van der Waals surface area contributed by atoms with Crippen LogP contribution in [0.25, 0.3) is 10.9 Å². The number of amides is 1. The number of halogens is 1. The molecule has 0 fully saturated rings. The van der Waals surface area contributed by atoms with Gasteiger partial charge in [-0.2, -0.15) is 0 Å². The van der Waals surface area contributed by atoms with E-state index in [2.05, 4.69) is 15.0 Å². The third kappa shape index (κ3) is 4.79. The first-order chi connectivity index (χ1) is 13.6. The second kappa shape index (κ2) is 7.75. The van der Waals surface area contributed by atoms with Crippen LogP contribution in [-0.4, -0.2) is 29.6 Å². The Morgan fingerprint density at radius 1 is 1.14 bits per heavy atom. The van der Waals surface area contributed by atoms with Crippen LogP contribution in [0.15, 0.2) is 46.0 Å². The Balaban J connectivity index is 1.90. The van der Waals surface area contributed by atoms with Crippen LogP contribution in [0.1, 0.15) is 11.1 Å². The number of para-hydroxylation sites is 1. The van der Waals surface area contributed by atoms with E-state index in [4.69, 9.17) is 5.11 Å². The summed E-state index contributed by atoms with van der Waals surface area (Å²) >= 11 is 0. The molecule has 29 heavy (non-hydrogen) atoms. The van der Waals surface area contributed by atoms with E-state index >= 15 is 0 Å². The third-order valence-electron chi connectivity index (χ3n) is 3.93. The van der Waals surface area contributed by atoms with Crippen molar-refractivity contribution < 1.29 is 22.7 Å². The zero-order valence-corrected chi connectivity index (χ0v) is 15.5. The molecule has 3 aromatic rings. The van der Waals surface area contributed by atoms with Crippen LogP contribution < -0.4 is 21.3 Å². The van der Waals surface area contributed by atoms with Gasteiger partial charge in [0.25, 0.3) is 5.56 Å². The highest BCUT2D eigenvalue weighted by atomic mass is 32.2. The fourth-order valence-corrected chi connectivity index (χ4v) is 3.95. The van der Waals surface area contributed by atoms with Gasteiger partial charge in [-0.15, -0.1) is 0 Å². The number of anilines is 1. The lowest BCUT2D eigenvalue weighted by molar-refractivity contribution is 0.194. The second-order valence-electron chi connectivity index (χ2n) is 6.09. The van der Waals surface area contributed by atoms with Crippen LogP contribution in [0.4, 0.5) is 14.9 Å².